The van der Waals surface area contributed by atoms with Gasteiger partial charge in [0.15, 0.2) is 11.5 Å². The number of nitrogens with zero attached hydrogens (tertiary/aromatic N) is 1. The summed E-state index contributed by atoms with van der Waals surface area (Å²) in [6.07, 6.45) is 1.55. The average Bonchev–Trinajstić information content (AvgIpc) is 2.58. The zero-order chi connectivity index (χ0) is 17.4. The molecule has 0 bridgehead atoms. The number of anilines is 1. The predicted molar refractivity (Wildman–Crippen MR) is 94.7 cm³/mol. The summed E-state index contributed by atoms with van der Waals surface area (Å²) in [7, 11) is 0. The minimum Gasteiger partial charge on any atom is -0.490 e. The summed E-state index contributed by atoms with van der Waals surface area (Å²) in [6, 6.07) is 12.1. The SMILES string of the molecule is CCOc1ccc(/C=N\NC(=O)c2ccc(N)cc2)cc1OCC. The highest BCUT2D eigenvalue weighted by molar-refractivity contribution is 5.95. The third-order valence-electron chi connectivity index (χ3n) is 3.12. The Morgan fingerprint density at radius 2 is 1.75 bits per heavy atom. The number of ether oxygens (including phenoxy) is 2. The molecule has 0 aliphatic heterocycles. The Labute approximate surface area is 141 Å². The van der Waals surface area contributed by atoms with Crippen molar-refractivity contribution in [1.29, 1.82) is 0 Å². The van der Waals surface area contributed by atoms with Gasteiger partial charge in [-0.1, -0.05) is 0 Å². The largest absolute Gasteiger partial charge is 0.490 e. The summed E-state index contributed by atoms with van der Waals surface area (Å²) in [5.41, 5.74) is 9.95. The van der Waals surface area contributed by atoms with Crippen LogP contribution in [0, 0.1) is 0 Å². The summed E-state index contributed by atoms with van der Waals surface area (Å²) in [5, 5.41) is 3.97. The van der Waals surface area contributed by atoms with Crippen molar-refractivity contribution < 1.29 is 14.3 Å². The van der Waals surface area contributed by atoms with E-state index in [0.717, 1.165) is 5.56 Å². The zero-order valence-corrected chi connectivity index (χ0v) is 13.8. The van der Waals surface area contributed by atoms with Crippen LogP contribution in [-0.2, 0) is 0 Å². The molecule has 0 radical (unpaired) electrons. The Hall–Kier alpha value is -3.02. The van der Waals surface area contributed by atoms with Gasteiger partial charge >= 0.3 is 0 Å². The standard InChI is InChI=1S/C18H21N3O3/c1-3-23-16-10-5-13(11-17(16)24-4-2)12-20-21-18(22)14-6-8-15(19)9-7-14/h5-12H,3-4,19H2,1-2H3,(H,21,22)/b20-12-. The molecule has 0 aromatic heterocycles. The number of hydrazone groups is 1. The zero-order valence-electron chi connectivity index (χ0n) is 13.8. The summed E-state index contributed by atoms with van der Waals surface area (Å²) in [5.74, 6) is 1.03. The summed E-state index contributed by atoms with van der Waals surface area (Å²) >= 11 is 0. The molecule has 2 aromatic rings. The lowest BCUT2D eigenvalue weighted by Gasteiger charge is -2.11. The summed E-state index contributed by atoms with van der Waals surface area (Å²) in [4.78, 5) is 11.9. The van der Waals surface area contributed by atoms with E-state index < -0.39 is 0 Å². The third-order valence-corrected chi connectivity index (χ3v) is 3.12. The van der Waals surface area contributed by atoms with Gasteiger partial charge in [0.25, 0.3) is 5.91 Å². The van der Waals surface area contributed by atoms with E-state index in [1.54, 1.807) is 30.5 Å². The summed E-state index contributed by atoms with van der Waals surface area (Å²) < 4.78 is 11.1. The highest BCUT2D eigenvalue weighted by Gasteiger charge is 2.06. The molecule has 0 saturated heterocycles. The number of carbonyl (C=O) groups is 1. The number of rotatable bonds is 7. The van der Waals surface area contributed by atoms with Crippen LogP contribution < -0.4 is 20.6 Å². The fraction of sp³-hybridized carbons (Fsp3) is 0.222. The van der Waals surface area contributed by atoms with Crippen LogP contribution in [0.25, 0.3) is 0 Å². The molecule has 0 spiro atoms. The van der Waals surface area contributed by atoms with Crippen molar-refractivity contribution in [1.82, 2.24) is 5.43 Å². The molecular weight excluding hydrogens is 306 g/mol. The van der Waals surface area contributed by atoms with Gasteiger partial charge in [-0.05, 0) is 61.9 Å². The average molecular weight is 327 g/mol. The van der Waals surface area contributed by atoms with Crippen LogP contribution in [0.15, 0.2) is 47.6 Å². The van der Waals surface area contributed by atoms with Crippen molar-refractivity contribution in [2.45, 2.75) is 13.8 Å². The van der Waals surface area contributed by atoms with E-state index in [1.165, 1.54) is 0 Å². The van der Waals surface area contributed by atoms with Gasteiger partial charge < -0.3 is 15.2 Å². The van der Waals surface area contributed by atoms with E-state index in [4.69, 9.17) is 15.2 Å². The number of amides is 1. The van der Waals surface area contributed by atoms with Gasteiger partial charge in [0.2, 0.25) is 0 Å². The molecule has 0 aliphatic rings. The van der Waals surface area contributed by atoms with Crippen LogP contribution in [0.4, 0.5) is 5.69 Å². The number of nitrogen functional groups attached to an aromatic ring is 1. The van der Waals surface area contributed by atoms with Crippen LogP contribution in [0.5, 0.6) is 11.5 Å². The van der Waals surface area contributed by atoms with E-state index in [9.17, 15) is 4.79 Å². The lowest BCUT2D eigenvalue weighted by atomic mass is 10.2. The molecule has 2 aromatic carbocycles. The van der Waals surface area contributed by atoms with E-state index in [2.05, 4.69) is 10.5 Å². The number of hydrogen-bond donors (Lipinski definition) is 2. The molecule has 0 fully saturated rings. The van der Waals surface area contributed by atoms with Crippen LogP contribution in [0.1, 0.15) is 29.8 Å². The smallest absolute Gasteiger partial charge is 0.271 e. The van der Waals surface area contributed by atoms with Gasteiger partial charge in [-0.15, -0.1) is 0 Å². The molecule has 0 saturated carbocycles. The molecule has 1 amide bonds. The lowest BCUT2D eigenvalue weighted by molar-refractivity contribution is 0.0955. The second kappa shape index (κ2) is 8.57. The first-order valence-electron chi connectivity index (χ1n) is 7.72. The molecule has 2 rings (SSSR count). The molecule has 0 heterocycles. The van der Waals surface area contributed by atoms with E-state index in [1.807, 2.05) is 32.0 Å². The quantitative estimate of drug-likeness (QED) is 0.465. The first-order valence-corrected chi connectivity index (χ1v) is 7.72. The molecule has 0 aliphatic carbocycles. The molecule has 126 valence electrons. The van der Waals surface area contributed by atoms with Gasteiger partial charge in [-0.25, -0.2) is 5.43 Å². The fourth-order valence-corrected chi connectivity index (χ4v) is 2.01. The number of nitrogens with two attached hydrogens (primary N) is 1. The Morgan fingerprint density at radius 1 is 1.08 bits per heavy atom. The minimum absolute atomic E-state index is 0.304. The van der Waals surface area contributed by atoms with Gasteiger partial charge in [0.1, 0.15) is 0 Å². The van der Waals surface area contributed by atoms with Gasteiger partial charge in [0, 0.05) is 11.3 Å². The molecular formula is C18H21N3O3. The molecule has 3 N–H and O–H groups in total. The second-order valence-corrected chi connectivity index (χ2v) is 4.89. The topological polar surface area (TPSA) is 85.9 Å². The normalized spacial score (nSPS) is 10.6. The number of carbonyl (C=O) groups excluding carboxylic acids is 1. The Kier molecular flexibility index (Phi) is 6.19. The first kappa shape index (κ1) is 17.3. The highest BCUT2D eigenvalue weighted by atomic mass is 16.5. The van der Waals surface area contributed by atoms with Crippen LogP contribution >= 0.6 is 0 Å². The van der Waals surface area contributed by atoms with Gasteiger partial charge in [-0.3, -0.25) is 4.79 Å². The Bertz CT molecular complexity index is 712. The number of hydrogen-bond acceptors (Lipinski definition) is 5. The predicted octanol–water partition coefficient (Wildman–Crippen LogP) is 2.83. The van der Waals surface area contributed by atoms with Crippen molar-refractivity contribution in [2.24, 2.45) is 5.10 Å². The van der Waals surface area contributed by atoms with Gasteiger partial charge in [0.05, 0.1) is 19.4 Å². The van der Waals surface area contributed by atoms with Crippen molar-refractivity contribution >= 4 is 17.8 Å². The molecule has 6 nitrogen and oxygen atoms in total. The van der Waals surface area contributed by atoms with E-state index >= 15 is 0 Å². The van der Waals surface area contributed by atoms with Crippen molar-refractivity contribution in [3.63, 3.8) is 0 Å². The van der Waals surface area contributed by atoms with E-state index in [-0.39, 0.29) is 5.91 Å². The van der Waals surface area contributed by atoms with Crippen molar-refractivity contribution in [2.75, 3.05) is 18.9 Å². The highest BCUT2D eigenvalue weighted by Crippen LogP contribution is 2.27. The summed E-state index contributed by atoms with van der Waals surface area (Å²) in [6.45, 7) is 4.92. The van der Waals surface area contributed by atoms with Crippen LogP contribution in [-0.4, -0.2) is 25.3 Å². The molecule has 24 heavy (non-hydrogen) atoms. The maximum atomic E-state index is 11.9. The lowest BCUT2D eigenvalue weighted by Crippen LogP contribution is -2.17. The van der Waals surface area contributed by atoms with Crippen molar-refractivity contribution in [3.05, 3.63) is 53.6 Å². The van der Waals surface area contributed by atoms with E-state index in [0.29, 0.717) is 36.0 Å². The Morgan fingerprint density at radius 3 is 2.42 bits per heavy atom. The second-order valence-electron chi connectivity index (χ2n) is 4.89. The van der Waals surface area contributed by atoms with Crippen molar-refractivity contribution in [3.8, 4) is 11.5 Å². The molecule has 0 atom stereocenters. The maximum Gasteiger partial charge on any atom is 0.271 e. The number of nitrogens with one attached hydrogen (secondary N) is 1. The maximum absolute atomic E-state index is 11.9. The van der Waals surface area contributed by atoms with Gasteiger partial charge in [-0.2, -0.15) is 5.10 Å². The molecule has 0 unspecified atom stereocenters. The number of benzene rings is 2. The first-order chi connectivity index (χ1) is 11.6. The minimum atomic E-state index is -0.304. The van der Waals surface area contributed by atoms with Crippen LogP contribution in [0.2, 0.25) is 0 Å². The third kappa shape index (κ3) is 4.74. The monoisotopic (exact) mass is 327 g/mol. The Balaban J connectivity index is 2.04. The fourth-order valence-electron chi connectivity index (χ4n) is 2.01. The van der Waals surface area contributed by atoms with Crippen LogP contribution in [0.3, 0.4) is 0 Å². The molecule has 6 heteroatoms.